The van der Waals surface area contributed by atoms with Gasteiger partial charge in [0.15, 0.2) is 0 Å². The highest BCUT2D eigenvalue weighted by Crippen LogP contribution is 2.54. The van der Waals surface area contributed by atoms with Crippen LogP contribution >= 0.6 is 0 Å². The predicted molar refractivity (Wildman–Crippen MR) is 73.0 cm³/mol. The van der Waals surface area contributed by atoms with E-state index in [9.17, 15) is 5.11 Å². The fourth-order valence-corrected chi connectivity index (χ4v) is 2.68. The minimum absolute atomic E-state index is 0.264. The Bertz CT molecular complexity index is 556. The first-order valence-electron chi connectivity index (χ1n) is 6.53. The van der Waals surface area contributed by atoms with Crippen LogP contribution in [0.4, 0.5) is 0 Å². The van der Waals surface area contributed by atoms with Crippen molar-refractivity contribution in [2.24, 2.45) is 5.92 Å². The second kappa shape index (κ2) is 5.02. The molecule has 1 aromatic heterocycles. The van der Waals surface area contributed by atoms with Gasteiger partial charge in [-0.1, -0.05) is 30.3 Å². The van der Waals surface area contributed by atoms with Gasteiger partial charge in [-0.3, -0.25) is 0 Å². The Morgan fingerprint density at radius 2 is 2.00 bits per heavy atom. The highest BCUT2D eigenvalue weighted by atomic mass is 16.5. The van der Waals surface area contributed by atoms with Crippen molar-refractivity contribution in [2.45, 2.75) is 18.4 Å². The number of rotatable bonds is 4. The van der Waals surface area contributed by atoms with Crippen LogP contribution in [0.3, 0.4) is 0 Å². The summed E-state index contributed by atoms with van der Waals surface area (Å²) < 4.78 is 5.21. The lowest BCUT2D eigenvalue weighted by atomic mass is 10.0. The summed E-state index contributed by atoms with van der Waals surface area (Å²) in [6, 6.07) is 14.1. The van der Waals surface area contributed by atoms with Crippen LogP contribution in [0.2, 0.25) is 0 Å². The zero-order valence-electron chi connectivity index (χ0n) is 10.9. The number of benzene rings is 1. The molecule has 1 aliphatic carbocycles. The molecule has 1 aliphatic rings. The topological polar surface area (TPSA) is 42.4 Å². The summed E-state index contributed by atoms with van der Waals surface area (Å²) in [7, 11) is 1.58. The van der Waals surface area contributed by atoms with Crippen molar-refractivity contribution < 1.29 is 9.84 Å². The number of aliphatic hydroxyl groups excluding tert-OH is 1. The van der Waals surface area contributed by atoms with E-state index in [-0.39, 0.29) is 5.92 Å². The molecule has 0 aliphatic heterocycles. The third-order valence-corrected chi connectivity index (χ3v) is 3.79. The highest BCUT2D eigenvalue weighted by Gasteiger charge is 2.44. The molecule has 3 rings (SSSR count). The average Bonchev–Trinajstić information content (AvgIpc) is 3.28. The number of methoxy groups -OCH3 is 1. The Hall–Kier alpha value is -1.87. The maximum absolute atomic E-state index is 10.5. The van der Waals surface area contributed by atoms with Crippen LogP contribution in [0.1, 0.15) is 29.6 Å². The molecule has 98 valence electrons. The third-order valence-electron chi connectivity index (χ3n) is 3.79. The number of pyridine rings is 1. The van der Waals surface area contributed by atoms with E-state index < -0.39 is 6.10 Å². The van der Waals surface area contributed by atoms with Gasteiger partial charge in [-0.05, 0) is 36.0 Å². The molecule has 0 amide bonds. The van der Waals surface area contributed by atoms with Gasteiger partial charge in [0.2, 0.25) is 5.88 Å². The number of aromatic nitrogens is 1. The van der Waals surface area contributed by atoms with Crippen LogP contribution in [0.25, 0.3) is 0 Å². The van der Waals surface area contributed by atoms with E-state index in [1.54, 1.807) is 13.3 Å². The standard InChI is InChI=1S/C16H17NO2/c1-19-16-12(8-5-9-17-16)15(18)14-10-13(14)11-6-3-2-4-7-11/h2-9,13-15,18H,10H2,1H3. The van der Waals surface area contributed by atoms with Gasteiger partial charge < -0.3 is 9.84 Å². The van der Waals surface area contributed by atoms with Crippen molar-refractivity contribution in [3.05, 3.63) is 59.8 Å². The summed E-state index contributed by atoms with van der Waals surface area (Å²) in [5, 5.41) is 10.5. The largest absolute Gasteiger partial charge is 0.481 e. The molecule has 3 atom stereocenters. The monoisotopic (exact) mass is 255 g/mol. The molecule has 1 fully saturated rings. The number of hydrogen-bond donors (Lipinski definition) is 1. The summed E-state index contributed by atoms with van der Waals surface area (Å²) in [4.78, 5) is 4.14. The van der Waals surface area contributed by atoms with Gasteiger partial charge in [0.1, 0.15) is 0 Å². The van der Waals surface area contributed by atoms with Crippen molar-refractivity contribution in [3.8, 4) is 5.88 Å². The van der Waals surface area contributed by atoms with Crippen LogP contribution in [0, 0.1) is 5.92 Å². The van der Waals surface area contributed by atoms with E-state index in [2.05, 4.69) is 17.1 Å². The Morgan fingerprint density at radius 1 is 1.21 bits per heavy atom. The Kier molecular flexibility index (Phi) is 3.22. The molecule has 3 heteroatoms. The van der Waals surface area contributed by atoms with Crippen molar-refractivity contribution in [3.63, 3.8) is 0 Å². The van der Waals surface area contributed by atoms with E-state index in [1.165, 1.54) is 5.56 Å². The fraction of sp³-hybridized carbons (Fsp3) is 0.312. The lowest BCUT2D eigenvalue weighted by Gasteiger charge is -2.13. The molecule has 0 spiro atoms. The first kappa shape index (κ1) is 12.2. The van der Waals surface area contributed by atoms with Crippen molar-refractivity contribution in [2.75, 3.05) is 7.11 Å². The molecular formula is C16H17NO2. The van der Waals surface area contributed by atoms with Crippen molar-refractivity contribution >= 4 is 0 Å². The lowest BCUT2D eigenvalue weighted by Crippen LogP contribution is -2.05. The molecule has 3 nitrogen and oxygen atoms in total. The quantitative estimate of drug-likeness (QED) is 0.913. The Balaban J connectivity index is 1.78. The molecule has 0 saturated heterocycles. The van der Waals surface area contributed by atoms with Gasteiger partial charge in [-0.2, -0.15) is 0 Å². The smallest absolute Gasteiger partial charge is 0.218 e. The van der Waals surface area contributed by atoms with E-state index in [4.69, 9.17) is 4.74 Å². The van der Waals surface area contributed by atoms with E-state index in [0.29, 0.717) is 11.8 Å². The van der Waals surface area contributed by atoms with Crippen LogP contribution in [0.5, 0.6) is 5.88 Å². The normalized spacial score (nSPS) is 22.8. The SMILES string of the molecule is COc1ncccc1C(O)C1CC1c1ccccc1. The van der Waals surface area contributed by atoms with Crippen LogP contribution in [-0.4, -0.2) is 17.2 Å². The van der Waals surface area contributed by atoms with E-state index in [0.717, 1.165) is 12.0 Å². The maximum Gasteiger partial charge on any atom is 0.218 e. The average molecular weight is 255 g/mol. The second-order valence-corrected chi connectivity index (χ2v) is 4.96. The molecular weight excluding hydrogens is 238 g/mol. The summed E-state index contributed by atoms with van der Waals surface area (Å²) >= 11 is 0. The first-order valence-corrected chi connectivity index (χ1v) is 6.53. The fourth-order valence-electron chi connectivity index (χ4n) is 2.68. The van der Waals surface area contributed by atoms with Gasteiger partial charge in [0, 0.05) is 11.8 Å². The number of ether oxygens (including phenoxy) is 1. The maximum atomic E-state index is 10.5. The number of hydrogen-bond acceptors (Lipinski definition) is 3. The number of nitrogens with zero attached hydrogens (tertiary/aromatic N) is 1. The molecule has 2 aromatic rings. The Labute approximate surface area is 112 Å². The lowest BCUT2D eigenvalue weighted by molar-refractivity contribution is 0.146. The molecule has 1 heterocycles. The molecule has 0 bridgehead atoms. The molecule has 19 heavy (non-hydrogen) atoms. The Morgan fingerprint density at radius 3 is 2.74 bits per heavy atom. The molecule has 1 aromatic carbocycles. The third kappa shape index (κ3) is 2.34. The summed E-state index contributed by atoms with van der Waals surface area (Å²) in [6.07, 6.45) is 2.19. The summed E-state index contributed by atoms with van der Waals surface area (Å²) in [6.45, 7) is 0. The van der Waals surface area contributed by atoms with Gasteiger partial charge in [0.25, 0.3) is 0 Å². The molecule has 0 radical (unpaired) electrons. The molecule has 1 N–H and O–H groups in total. The summed E-state index contributed by atoms with van der Waals surface area (Å²) in [5.74, 6) is 1.23. The van der Waals surface area contributed by atoms with Crippen LogP contribution in [-0.2, 0) is 0 Å². The second-order valence-electron chi connectivity index (χ2n) is 4.96. The molecule has 3 unspecified atom stereocenters. The summed E-state index contributed by atoms with van der Waals surface area (Å²) in [5.41, 5.74) is 2.09. The highest BCUT2D eigenvalue weighted by molar-refractivity contribution is 5.33. The van der Waals surface area contributed by atoms with Gasteiger partial charge in [-0.25, -0.2) is 4.98 Å². The molecule has 1 saturated carbocycles. The zero-order chi connectivity index (χ0) is 13.2. The van der Waals surface area contributed by atoms with Crippen molar-refractivity contribution in [1.29, 1.82) is 0 Å². The predicted octanol–water partition coefficient (Wildman–Crippen LogP) is 2.93. The van der Waals surface area contributed by atoms with Gasteiger partial charge >= 0.3 is 0 Å². The van der Waals surface area contributed by atoms with E-state index >= 15 is 0 Å². The van der Waals surface area contributed by atoms with E-state index in [1.807, 2.05) is 30.3 Å². The number of aliphatic hydroxyl groups is 1. The zero-order valence-corrected chi connectivity index (χ0v) is 10.9. The first-order chi connectivity index (χ1) is 9.31. The van der Waals surface area contributed by atoms with Gasteiger partial charge in [0.05, 0.1) is 13.2 Å². The minimum Gasteiger partial charge on any atom is -0.481 e. The van der Waals surface area contributed by atoms with Gasteiger partial charge in [-0.15, -0.1) is 0 Å². The van der Waals surface area contributed by atoms with Crippen LogP contribution in [0.15, 0.2) is 48.7 Å². The van der Waals surface area contributed by atoms with Crippen LogP contribution < -0.4 is 4.74 Å². The minimum atomic E-state index is -0.506. The van der Waals surface area contributed by atoms with Crippen molar-refractivity contribution in [1.82, 2.24) is 4.98 Å².